The summed E-state index contributed by atoms with van der Waals surface area (Å²) in [5.74, 6) is -0.426. The molecule has 0 unspecified atom stereocenters. The molecule has 0 aromatic carbocycles. The van der Waals surface area contributed by atoms with E-state index in [2.05, 4.69) is 15.3 Å². The molecule has 6 nitrogen and oxygen atoms in total. The van der Waals surface area contributed by atoms with Crippen molar-refractivity contribution in [3.8, 4) is 0 Å². The molecular formula is C9H9ClN4O2. The normalized spacial score (nSPS) is 10.6. The quantitative estimate of drug-likeness (QED) is 0.592. The Labute approximate surface area is 96.2 Å². The van der Waals surface area contributed by atoms with Crippen LogP contribution in [-0.2, 0) is 10.6 Å². The van der Waals surface area contributed by atoms with E-state index in [0.29, 0.717) is 11.3 Å². The molecule has 0 spiro atoms. The number of aromatic nitrogens is 4. The first-order chi connectivity index (χ1) is 7.77. The number of ether oxygens (including phenoxy) is 1. The Morgan fingerprint density at radius 3 is 3.06 bits per heavy atom. The summed E-state index contributed by atoms with van der Waals surface area (Å²) in [6.07, 6.45) is 1.56. The molecule has 16 heavy (non-hydrogen) atoms. The third-order valence-electron chi connectivity index (χ3n) is 2.00. The Morgan fingerprint density at radius 1 is 1.56 bits per heavy atom. The van der Waals surface area contributed by atoms with Crippen molar-refractivity contribution in [2.75, 3.05) is 6.61 Å². The van der Waals surface area contributed by atoms with Crippen LogP contribution in [0.25, 0.3) is 5.65 Å². The zero-order valence-electron chi connectivity index (χ0n) is 8.55. The number of nitrogens with zero attached hydrogens (tertiary/aromatic N) is 4. The van der Waals surface area contributed by atoms with Gasteiger partial charge in [0, 0.05) is 6.07 Å². The fraction of sp³-hybridized carbons (Fsp3) is 0.333. The van der Waals surface area contributed by atoms with E-state index in [1.165, 1.54) is 4.52 Å². The third-order valence-corrected chi connectivity index (χ3v) is 2.25. The molecule has 0 saturated carbocycles. The van der Waals surface area contributed by atoms with Gasteiger partial charge in [0.25, 0.3) is 0 Å². The van der Waals surface area contributed by atoms with Crippen LogP contribution in [0.3, 0.4) is 0 Å². The van der Waals surface area contributed by atoms with E-state index in [0.717, 1.165) is 0 Å². The first-order valence-electron chi connectivity index (χ1n) is 4.70. The average molecular weight is 241 g/mol. The zero-order valence-corrected chi connectivity index (χ0v) is 9.31. The van der Waals surface area contributed by atoms with Crippen molar-refractivity contribution in [1.29, 1.82) is 0 Å². The van der Waals surface area contributed by atoms with Gasteiger partial charge in [0.1, 0.15) is 0 Å². The average Bonchev–Trinajstić information content (AvgIpc) is 2.75. The highest BCUT2D eigenvalue weighted by Gasteiger charge is 2.18. The van der Waals surface area contributed by atoms with Gasteiger partial charge in [-0.25, -0.2) is 9.31 Å². The van der Waals surface area contributed by atoms with Crippen molar-refractivity contribution in [3.05, 3.63) is 23.7 Å². The molecule has 0 amide bonds. The second kappa shape index (κ2) is 4.44. The van der Waals surface area contributed by atoms with E-state index in [4.69, 9.17) is 16.3 Å². The Balaban J connectivity index is 2.56. The van der Waals surface area contributed by atoms with E-state index in [1.54, 1.807) is 19.2 Å². The van der Waals surface area contributed by atoms with Gasteiger partial charge in [0.05, 0.1) is 24.4 Å². The molecule has 2 aromatic heterocycles. The predicted octanol–water partition coefficient (Wildman–Crippen LogP) is 1.04. The molecule has 0 N–H and O–H groups in total. The van der Waals surface area contributed by atoms with Crippen molar-refractivity contribution in [1.82, 2.24) is 19.8 Å². The van der Waals surface area contributed by atoms with Crippen LogP contribution in [0.5, 0.6) is 0 Å². The lowest BCUT2D eigenvalue weighted by molar-refractivity contribution is 0.0516. The Hall–Kier alpha value is -1.69. The number of carbonyl (C=O) groups excluding carboxylic acids is 1. The monoisotopic (exact) mass is 240 g/mol. The molecule has 0 radical (unpaired) electrons. The number of esters is 1. The van der Waals surface area contributed by atoms with E-state index in [1.807, 2.05) is 0 Å². The van der Waals surface area contributed by atoms with Gasteiger partial charge in [0.15, 0.2) is 11.3 Å². The largest absolute Gasteiger partial charge is 0.461 e. The minimum atomic E-state index is -0.539. The van der Waals surface area contributed by atoms with E-state index >= 15 is 0 Å². The molecule has 0 aliphatic carbocycles. The summed E-state index contributed by atoms with van der Waals surface area (Å²) in [5.41, 5.74) is 1.13. The van der Waals surface area contributed by atoms with Crippen molar-refractivity contribution in [2.24, 2.45) is 0 Å². The number of fused-ring (bicyclic) bond motifs is 1. The molecule has 2 heterocycles. The molecular weight excluding hydrogens is 232 g/mol. The number of hydrogen-bond donors (Lipinski definition) is 0. The first-order valence-corrected chi connectivity index (χ1v) is 5.23. The topological polar surface area (TPSA) is 69.4 Å². The lowest BCUT2D eigenvalue weighted by Gasteiger charge is -2.06. The van der Waals surface area contributed by atoms with Crippen LogP contribution in [0.4, 0.5) is 0 Å². The summed E-state index contributed by atoms with van der Waals surface area (Å²) in [5, 5.41) is 11.7. The van der Waals surface area contributed by atoms with Crippen molar-refractivity contribution in [2.45, 2.75) is 12.8 Å². The highest BCUT2D eigenvalue weighted by atomic mass is 35.5. The van der Waals surface area contributed by atoms with Gasteiger partial charge in [-0.15, -0.1) is 21.8 Å². The number of halogens is 1. The smallest absolute Gasteiger partial charge is 0.360 e. The predicted molar refractivity (Wildman–Crippen MR) is 56.3 cm³/mol. The maximum atomic E-state index is 11.6. The van der Waals surface area contributed by atoms with E-state index in [9.17, 15) is 4.79 Å². The number of alkyl halides is 1. The van der Waals surface area contributed by atoms with Crippen LogP contribution in [0, 0.1) is 0 Å². The number of hydrogen-bond acceptors (Lipinski definition) is 5. The number of carbonyl (C=O) groups is 1. The molecule has 7 heteroatoms. The fourth-order valence-electron chi connectivity index (χ4n) is 1.32. The molecule has 0 fully saturated rings. The summed E-state index contributed by atoms with van der Waals surface area (Å²) in [6, 6.07) is 1.68. The van der Waals surface area contributed by atoms with Crippen LogP contribution in [0.1, 0.15) is 23.1 Å². The van der Waals surface area contributed by atoms with Crippen LogP contribution >= 0.6 is 11.6 Å². The van der Waals surface area contributed by atoms with Gasteiger partial charge >= 0.3 is 5.97 Å². The SMILES string of the molecule is CCOC(=O)c1nnc2ccnn2c1CCl. The highest BCUT2D eigenvalue weighted by Crippen LogP contribution is 2.11. The molecule has 2 rings (SSSR count). The fourth-order valence-corrected chi connectivity index (χ4v) is 1.56. The summed E-state index contributed by atoms with van der Waals surface area (Å²) in [4.78, 5) is 11.6. The van der Waals surface area contributed by atoms with Crippen molar-refractivity contribution < 1.29 is 9.53 Å². The van der Waals surface area contributed by atoms with Crippen molar-refractivity contribution >= 4 is 23.2 Å². The standard InChI is InChI=1S/C9H9ClN4O2/c1-2-16-9(15)8-6(5-10)14-7(12-13-8)3-4-11-14/h3-4H,2,5H2,1H3. The Kier molecular flexibility index (Phi) is 3.00. The summed E-state index contributed by atoms with van der Waals surface area (Å²) in [6.45, 7) is 2.00. The van der Waals surface area contributed by atoms with Gasteiger partial charge in [-0.05, 0) is 6.92 Å². The van der Waals surface area contributed by atoms with Gasteiger partial charge in [0.2, 0.25) is 0 Å². The Morgan fingerprint density at radius 2 is 2.38 bits per heavy atom. The van der Waals surface area contributed by atoms with Crippen LogP contribution < -0.4 is 0 Å². The van der Waals surface area contributed by atoms with Crippen molar-refractivity contribution in [3.63, 3.8) is 0 Å². The van der Waals surface area contributed by atoms with Gasteiger partial charge in [-0.3, -0.25) is 0 Å². The van der Waals surface area contributed by atoms with Crippen LogP contribution in [-0.4, -0.2) is 32.4 Å². The molecule has 2 aromatic rings. The molecule has 0 bridgehead atoms. The van der Waals surface area contributed by atoms with Gasteiger partial charge in [-0.1, -0.05) is 0 Å². The first kappa shape index (κ1) is 10.8. The highest BCUT2D eigenvalue weighted by molar-refractivity contribution is 6.17. The summed E-state index contributed by atoms with van der Waals surface area (Å²) < 4.78 is 6.33. The molecule has 84 valence electrons. The maximum absolute atomic E-state index is 11.6. The Bertz CT molecular complexity index is 525. The molecule has 0 aliphatic rings. The summed E-state index contributed by atoms with van der Waals surface area (Å²) in [7, 11) is 0. The molecule has 0 aliphatic heterocycles. The lowest BCUT2D eigenvalue weighted by Crippen LogP contribution is -2.15. The van der Waals surface area contributed by atoms with Crippen LogP contribution in [0.2, 0.25) is 0 Å². The molecule has 0 atom stereocenters. The maximum Gasteiger partial charge on any atom is 0.360 e. The van der Waals surface area contributed by atoms with Crippen LogP contribution in [0.15, 0.2) is 12.3 Å². The zero-order chi connectivity index (χ0) is 11.5. The lowest BCUT2D eigenvalue weighted by atomic mass is 10.3. The van der Waals surface area contributed by atoms with Gasteiger partial charge in [-0.2, -0.15) is 5.10 Å². The minimum absolute atomic E-state index is 0.105. The van der Waals surface area contributed by atoms with E-state index < -0.39 is 5.97 Å². The number of rotatable bonds is 3. The minimum Gasteiger partial charge on any atom is -0.461 e. The molecule has 0 saturated heterocycles. The summed E-state index contributed by atoms with van der Waals surface area (Å²) >= 11 is 5.78. The second-order valence-corrected chi connectivity index (χ2v) is 3.22. The van der Waals surface area contributed by atoms with E-state index in [-0.39, 0.29) is 18.2 Å². The third kappa shape index (κ3) is 1.71. The second-order valence-electron chi connectivity index (χ2n) is 2.95. The van der Waals surface area contributed by atoms with Gasteiger partial charge < -0.3 is 4.74 Å².